The number of benzene rings is 2. The zero-order valence-corrected chi connectivity index (χ0v) is 16.6. The maximum atomic E-state index is 12.6. The van der Waals surface area contributed by atoms with E-state index < -0.39 is 11.5 Å². The molecule has 2 N–H and O–H groups in total. The van der Waals surface area contributed by atoms with Gasteiger partial charge < -0.3 is 5.32 Å². The molecule has 29 heavy (non-hydrogen) atoms. The van der Waals surface area contributed by atoms with E-state index in [0.29, 0.717) is 10.6 Å². The summed E-state index contributed by atoms with van der Waals surface area (Å²) in [5.74, 6) is -0.924. The third-order valence-electron chi connectivity index (χ3n) is 4.19. The number of nitrogens with zero attached hydrogens (tertiary/aromatic N) is 3. The maximum Gasteiger partial charge on any atom is 0.432 e. The van der Waals surface area contributed by atoms with Crippen LogP contribution in [-0.2, 0) is 6.54 Å². The van der Waals surface area contributed by atoms with Gasteiger partial charge in [-0.3, -0.25) is 9.59 Å². The van der Waals surface area contributed by atoms with Crippen molar-refractivity contribution >= 4 is 29.5 Å². The number of hydrogen-bond donors (Lipinski definition) is 2. The Morgan fingerprint density at radius 1 is 1.17 bits per heavy atom. The van der Waals surface area contributed by atoms with Gasteiger partial charge in [0, 0.05) is 22.4 Å². The second-order valence-corrected chi connectivity index (χ2v) is 6.75. The predicted octanol–water partition coefficient (Wildman–Crippen LogP) is 1.55. The number of amides is 1. The number of nitrogens with one attached hydrogen (secondary N) is 2. The fourth-order valence-corrected chi connectivity index (χ4v) is 2.73. The molecule has 9 heteroatoms. The molecule has 0 unspecified atom stereocenters. The third-order valence-corrected chi connectivity index (χ3v) is 4.44. The molecule has 3 aromatic rings. The lowest BCUT2D eigenvalue weighted by Gasteiger charge is -2.00. The lowest BCUT2D eigenvalue weighted by molar-refractivity contribution is -0.744. The van der Waals surface area contributed by atoms with Gasteiger partial charge in [-0.15, -0.1) is 4.68 Å². The molecule has 0 aliphatic heterocycles. The number of hydrogen-bond acceptors (Lipinski definition) is 4. The molecular weight excluding hydrogens is 394 g/mol. The Kier molecular flexibility index (Phi) is 6.04. The van der Waals surface area contributed by atoms with Crippen LogP contribution in [0.5, 0.6) is 0 Å². The fraction of sp³-hybridized carbons (Fsp3) is 0.150. The fourth-order valence-electron chi connectivity index (χ4n) is 2.60. The molecule has 0 atom stereocenters. The molecule has 8 nitrogen and oxygen atoms in total. The topological polar surface area (TPSA) is 100 Å². The van der Waals surface area contributed by atoms with Crippen molar-refractivity contribution in [2.45, 2.75) is 13.5 Å². The number of halogens is 1. The number of aromatic nitrogens is 3. The Labute approximate surface area is 171 Å². The van der Waals surface area contributed by atoms with Crippen LogP contribution in [0.2, 0.25) is 5.02 Å². The molecule has 0 saturated heterocycles. The second kappa shape index (κ2) is 8.66. The summed E-state index contributed by atoms with van der Waals surface area (Å²) in [5, 5.41) is 9.67. The SMILES string of the molecule is CNC(=O)c1c(=O)n(/N=C/c2ccc(C)cc2)[nH][n+]1CC(=O)c1ccc(Cl)cc1. The first-order valence-electron chi connectivity index (χ1n) is 8.76. The van der Waals surface area contributed by atoms with Crippen molar-refractivity contribution in [2.24, 2.45) is 5.10 Å². The van der Waals surface area contributed by atoms with E-state index in [1.165, 1.54) is 17.9 Å². The van der Waals surface area contributed by atoms with Crippen molar-refractivity contribution in [2.75, 3.05) is 7.05 Å². The molecule has 0 fully saturated rings. The van der Waals surface area contributed by atoms with Gasteiger partial charge in [-0.2, -0.15) is 0 Å². The molecule has 1 heterocycles. The summed E-state index contributed by atoms with van der Waals surface area (Å²) < 4.78 is 1.17. The van der Waals surface area contributed by atoms with Gasteiger partial charge in [0.15, 0.2) is 6.54 Å². The normalized spacial score (nSPS) is 11.0. The molecule has 0 radical (unpaired) electrons. The zero-order chi connectivity index (χ0) is 21.0. The number of rotatable bonds is 6. The Morgan fingerprint density at radius 3 is 2.45 bits per heavy atom. The van der Waals surface area contributed by atoms with Gasteiger partial charge in [0.25, 0.3) is 0 Å². The Morgan fingerprint density at radius 2 is 1.83 bits per heavy atom. The van der Waals surface area contributed by atoms with E-state index in [4.69, 9.17) is 11.6 Å². The smallest absolute Gasteiger partial charge is 0.352 e. The zero-order valence-electron chi connectivity index (χ0n) is 15.8. The lowest BCUT2D eigenvalue weighted by Crippen LogP contribution is -2.48. The van der Waals surface area contributed by atoms with Crippen LogP contribution in [-0.4, -0.2) is 35.0 Å². The van der Waals surface area contributed by atoms with Gasteiger partial charge in [0.05, 0.1) is 6.21 Å². The molecular formula is C20H19ClN5O3+. The molecule has 0 bridgehead atoms. The van der Waals surface area contributed by atoms with Crippen molar-refractivity contribution < 1.29 is 14.3 Å². The monoisotopic (exact) mass is 412 g/mol. The van der Waals surface area contributed by atoms with Gasteiger partial charge in [0.2, 0.25) is 5.78 Å². The summed E-state index contributed by atoms with van der Waals surface area (Å²) >= 11 is 5.84. The molecule has 148 valence electrons. The first-order chi connectivity index (χ1) is 13.9. The van der Waals surface area contributed by atoms with Crippen molar-refractivity contribution in [3.63, 3.8) is 0 Å². The molecule has 1 amide bonds. The van der Waals surface area contributed by atoms with Crippen molar-refractivity contribution in [1.29, 1.82) is 0 Å². The van der Waals surface area contributed by atoms with Crippen LogP contribution in [0.4, 0.5) is 0 Å². The first-order valence-corrected chi connectivity index (χ1v) is 9.13. The van der Waals surface area contributed by atoms with Crippen LogP contribution in [0.15, 0.2) is 58.4 Å². The molecule has 0 aliphatic carbocycles. The van der Waals surface area contributed by atoms with Gasteiger partial charge in [-0.1, -0.05) is 51.7 Å². The Bertz CT molecular complexity index is 1130. The summed E-state index contributed by atoms with van der Waals surface area (Å²) in [6.45, 7) is 1.72. The van der Waals surface area contributed by atoms with Crippen molar-refractivity contribution in [1.82, 2.24) is 15.3 Å². The minimum absolute atomic E-state index is 0.226. The molecule has 2 aromatic carbocycles. The van der Waals surface area contributed by atoms with E-state index >= 15 is 0 Å². The number of aromatic amines is 1. The maximum absolute atomic E-state index is 12.6. The highest BCUT2D eigenvalue weighted by molar-refractivity contribution is 6.30. The highest BCUT2D eigenvalue weighted by atomic mass is 35.5. The van der Waals surface area contributed by atoms with E-state index in [-0.39, 0.29) is 18.0 Å². The van der Waals surface area contributed by atoms with Crippen molar-refractivity contribution in [3.05, 3.63) is 86.3 Å². The highest BCUT2D eigenvalue weighted by Gasteiger charge is 2.29. The number of Topliss-reactive ketones (excluding diaryl/α,β-unsaturated/α-hetero) is 1. The number of carbonyl (C=O) groups is 2. The van der Waals surface area contributed by atoms with Crippen LogP contribution in [0.1, 0.15) is 32.0 Å². The highest BCUT2D eigenvalue weighted by Crippen LogP contribution is 2.10. The Hall–Kier alpha value is -3.52. The summed E-state index contributed by atoms with van der Waals surface area (Å²) in [5.41, 5.74) is 1.39. The largest absolute Gasteiger partial charge is 0.432 e. The number of aryl methyl sites for hydroxylation is 1. The molecule has 0 aliphatic rings. The van der Waals surface area contributed by atoms with E-state index in [2.05, 4.69) is 15.6 Å². The third kappa shape index (κ3) is 4.67. The quantitative estimate of drug-likeness (QED) is 0.365. The van der Waals surface area contributed by atoms with Gasteiger partial charge in [-0.25, -0.2) is 4.79 Å². The van der Waals surface area contributed by atoms with Crippen molar-refractivity contribution in [3.8, 4) is 0 Å². The molecule has 0 saturated carbocycles. The Balaban J connectivity index is 1.93. The van der Waals surface area contributed by atoms with Gasteiger partial charge in [0.1, 0.15) is 0 Å². The average Bonchev–Trinajstić information content (AvgIpc) is 3.02. The minimum atomic E-state index is -0.670. The lowest BCUT2D eigenvalue weighted by atomic mass is 10.1. The van der Waals surface area contributed by atoms with Crippen LogP contribution in [0.3, 0.4) is 0 Å². The summed E-state index contributed by atoms with van der Waals surface area (Å²) in [7, 11) is 1.40. The predicted molar refractivity (Wildman–Crippen MR) is 109 cm³/mol. The second-order valence-electron chi connectivity index (χ2n) is 6.32. The number of carbonyl (C=O) groups excluding carboxylic acids is 2. The average molecular weight is 413 g/mol. The number of H-pyrrole nitrogens is 1. The van der Waals surface area contributed by atoms with Crippen LogP contribution < -0.4 is 15.6 Å². The van der Waals surface area contributed by atoms with Crippen LogP contribution in [0, 0.1) is 6.92 Å². The van der Waals surface area contributed by atoms with Crippen LogP contribution >= 0.6 is 11.6 Å². The molecule has 0 spiro atoms. The standard InChI is InChI=1S/C20H18ClN5O3/c1-13-3-5-14(6-4-13)11-23-26-20(29)18(19(28)22-2)25(24-26)12-17(27)15-7-9-16(21)10-8-15/h3-11H,12H2,1-2H3,(H-,22,24,28,29)/p+1/b23-11+. The van der Waals surface area contributed by atoms with Gasteiger partial charge >= 0.3 is 17.2 Å². The summed E-state index contributed by atoms with van der Waals surface area (Å²) in [6.07, 6.45) is 1.48. The molecule has 3 rings (SSSR count). The minimum Gasteiger partial charge on any atom is -0.352 e. The van der Waals surface area contributed by atoms with E-state index in [1.54, 1.807) is 24.3 Å². The molecule has 1 aromatic heterocycles. The van der Waals surface area contributed by atoms with E-state index in [9.17, 15) is 14.4 Å². The summed E-state index contributed by atoms with van der Waals surface area (Å²) in [6, 6.07) is 13.9. The van der Waals surface area contributed by atoms with E-state index in [1.807, 2.05) is 31.2 Å². The van der Waals surface area contributed by atoms with E-state index in [0.717, 1.165) is 15.9 Å². The van der Waals surface area contributed by atoms with Gasteiger partial charge in [-0.05, 0) is 36.8 Å². The first kappa shape index (κ1) is 20.2. The number of ketones is 1. The summed E-state index contributed by atoms with van der Waals surface area (Å²) in [4.78, 5) is 38.3. The van der Waals surface area contributed by atoms with Crippen LogP contribution in [0.25, 0.3) is 0 Å².